The highest BCUT2D eigenvalue weighted by atomic mass is 35.5. The Labute approximate surface area is 126 Å². The highest BCUT2D eigenvalue weighted by Crippen LogP contribution is 2.27. The molecule has 20 heavy (non-hydrogen) atoms. The van der Waals surface area contributed by atoms with Crippen molar-refractivity contribution in [3.05, 3.63) is 64.3 Å². The van der Waals surface area contributed by atoms with E-state index in [9.17, 15) is 0 Å². The average Bonchev–Trinajstić information content (AvgIpc) is 2.49. The van der Waals surface area contributed by atoms with Gasteiger partial charge in [0.2, 0.25) is 5.88 Å². The van der Waals surface area contributed by atoms with Crippen molar-refractivity contribution in [1.82, 2.24) is 10.2 Å². The van der Waals surface area contributed by atoms with Crippen molar-refractivity contribution < 1.29 is 4.74 Å². The second kappa shape index (κ2) is 5.65. The lowest BCUT2D eigenvalue weighted by Gasteiger charge is -2.08. The second-order valence-electron chi connectivity index (χ2n) is 4.26. The number of rotatable bonds is 3. The summed E-state index contributed by atoms with van der Waals surface area (Å²) in [4.78, 5) is 0. The summed E-state index contributed by atoms with van der Waals surface area (Å²) in [5.41, 5.74) is 1.01. The molecule has 0 unspecified atom stereocenters. The van der Waals surface area contributed by atoms with E-state index >= 15 is 0 Å². The van der Waals surface area contributed by atoms with Gasteiger partial charge < -0.3 is 4.74 Å². The molecule has 0 aliphatic carbocycles. The zero-order valence-corrected chi connectivity index (χ0v) is 11.9. The van der Waals surface area contributed by atoms with E-state index < -0.39 is 0 Å². The predicted molar refractivity (Wildman–Crippen MR) is 80.3 cm³/mol. The van der Waals surface area contributed by atoms with Crippen LogP contribution in [0.4, 0.5) is 0 Å². The Kier molecular flexibility index (Phi) is 3.72. The fraction of sp³-hybridized carbons (Fsp3) is 0.0667. The lowest BCUT2D eigenvalue weighted by molar-refractivity contribution is 0.294. The van der Waals surface area contributed by atoms with E-state index in [-0.39, 0.29) is 0 Å². The van der Waals surface area contributed by atoms with E-state index in [1.165, 1.54) is 0 Å². The summed E-state index contributed by atoms with van der Waals surface area (Å²) in [6.45, 7) is 0.400. The molecule has 0 aliphatic heterocycles. The van der Waals surface area contributed by atoms with Crippen LogP contribution in [-0.2, 0) is 6.61 Å². The molecule has 0 N–H and O–H groups in total. The molecule has 0 radical (unpaired) electrons. The third-order valence-corrected chi connectivity index (χ3v) is 3.43. The molecule has 1 heterocycles. The van der Waals surface area contributed by atoms with Crippen molar-refractivity contribution >= 4 is 34.0 Å². The van der Waals surface area contributed by atoms with Crippen LogP contribution in [0.5, 0.6) is 5.88 Å². The Hall–Kier alpha value is -1.84. The highest BCUT2D eigenvalue weighted by molar-refractivity contribution is 6.34. The van der Waals surface area contributed by atoms with Gasteiger partial charge in [-0.25, -0.2) is 0 Å². The maximum absolute atomic E-state index is 6.02. The van der Waals surface area contributed by atoms with Crippen LogP contribution in [-0.4, -0.2) is 10.2 Å². The summed E-state index contributed by atoms with van der Waals surface area (Å²) < 4.78 is 5.72. The number of nitrogens with zero attached hydrogens (tertiary/aromatic N) is 2. The number of aromatic nitrogens is 2. The van der Waals surface area contributed by atoms with Gasteiger partial charge in [-0.15, -0.1) is 10.2 Å². The monoisotopic (exact) mass is 304 g/mol. The van der Waals surface area contributed by atoms with Crippen molar-refractivity contribution in [1.29, 1.82) is 0 Å². The molecule has 3 nitrogen and oxygen atoms in total. The smallest absolute Gasteiger partial charge is 0.241 e. The fourth-order valence-corrected chi connectivity index (χ4v) is 2.21. The molecule has 0 bridgehead atoms. The molecule has 0 aliphatic rings. The average molecular weight is 305 g/mol. The van der Waals surface area contributed by atoms with Gasteiger partial charge in [-0.1, -0.05) is 53.5 Å². The minimum absolute atomic E-state index is 0.374. The molecule has 0 saturated heterocycles. The van der Waals surface area contributed by atoms with Crippen LogP contribution < -0.4 is 4.74 Å². The second-order valence-corrected chi connectivity index (χ2v) is 5.05. The van der Waals surface area contributed by atoms with Crippen LogP contribution in [0.15, 0.2) is 48.5 Å². The van der Waals surface area contributed by atoms with Crippen LogP contribution in [0.25, 0.3) is 10.8 Å². The van der Waals surface area contributed by atoms with Crippen LogP contribution in [0.2, 0.25) is 10.2 Å². The summed E-state index contributed by atoms with van der Waals surface area (Å²) in [5.74, 6) is 0.472. The van der Waals surface area contributed by atoms with E-state index in [0.717, 1.165) is 16.3 Å². The van der Waals surface area contributed by atoms with Crippen molar-refractivity contribution in [3.63, 3.8) is 0 Å². The molecule has 0 amide bonds. The van der Waals surface area contributed by atoms with Crippen molar-refractivity contribution in [2.45, 2.75) is 6.61 Å². The van der Waals surface area contributed by atoms with Gasteiger partial charge in [-0.2, -0.15) is 0 Å². The summed E-state index contributed by atoms with van der Waals surface area (Å²) in [5, 5.41) is 10.7. The van der Waals surface area contributed by atoms with E-state index in [2.05, 4.69) is 10.2 Å². The number of hydrogen-bond acceptors (Lipinski definition) is 3. The van der Waals surface area contributed by atoms with E-state index in [4.69, 9.17) is 27.9 Å². The fourth-order valence-electron chi connectivity index (χ4n) is 1.89. The normalized spacial score (nSPS) is 10.7. The first-order chi connectivity index (χ1) is 9.74. The molecule has 0 spiro atoms. The van der Waals surface area contributed by atoms with Crippen LogP contribution >= 0.6 is 23.2 Å². The Balaban J connectivity index is 1.88. The van der Waals surface area contributed by atoms with Gasteiger partial charge in [-0.3, -0.25) is 0 Å². The van der Waals surface area contributed by atoms with Crippen LogP contribution in [0, 0.1) is 0 Å². The lowest BCUT2D eigenvalue weighted by atomic mass is 10.2. The third-order valence-electron chi connectivity index (χ3n) is 2.90. The summed E-state index contributed by atoms with van der Waals surface area (Å²) in [7, 11) is 0. The summed E-state index contributed by atoms with van der Waals surface area (Å²) in [6.07, 6.45) is 0. The van der Waals surface area contributed by atoms with Crippen molar-refractivity contribution in [2.24, 2.45) is 0 Å². The first-order valence-electron chi connectivity index (χ1n) is 6.02. The van der Waals surface area contributed by atoms with Gasteiger partial charge in [0.15, 0.2) is 5.15 Å². The predicted octanol–water partition coefficient (Wildman–Crippen LogP) is 4.52. The molecular formula is C15H10Cl2N2O. The minimum Gasteiger partial charge on any atom is -0.471 e. The Bertz CT molecular complexity index is 744. The van der Waals surface area contributed by atoms with Gasteiger partial charge in [0.25, 0.3) is 0 Å². The number of benzene rings is 2. The molecule has 3 rings (SSSR count). The standard InChI is InChI=1S/C15H10Cl2N2O/c16-11-7-5-10(6-8-11)9-20-15-13-4-2-1-3-12(13)14(17)18-19-15/h1-8H,9H2. The van der Waals surface area contributed by atoms with E-state index in [1.54, 1.807) is 0 Å². The number of ether oxygens (including phenoxy) is 1. The SMILES string of the molecule is Clc1ccc(COc2nnc(Cl)c3ccccc23)cc1. The molecule has 0 fully saturated rings. The van der Waals surface area contributed by atoms with E-state index in [1.807, 2.05) is 48.5 Å². The van der Waals surface area contributed by atoms with E-state index in [0.29, 0.717) is 22.7 Å². The number of halogens is 2. The first kappa shape index (κ1) is 13.2. The van der Waals surface area contributed by atoms with Crippen molar-refractivity contribution in [3.8, 4) is 5.88 Å². The molecule has 0 atom stereocenters. The summed E-state index contributed by atoms with van der Waals surface area (Å²) in [6, 6.07) is 15.1. The lowest BCUT2D eigenvalue weighted by Crippen LogP contribution is -1.99. The largest absolute Gasteiger partial charge is 0.471 e. The first-order valence-corrected chi connectivity index (χ1v) is 6.78. The minimum atomic E-state index is 0.374. The molecule has 5 heteroatoms. The number of fused-ring (bicyclic) bond motifs is 1. The molecular weight excluding hydrogens is 295 g/mol. The maximum Gasteiger partial charge on any atom is 0.241 e. The van der Waals surface area contributed by atoms with Gasteiger partial charge in [0.1, 0.15) is 6.61 Å². The van der Waals surface area contributed by atoms with Gasteiger partial charge in [-0.05, 0) is 23.8 Å². The summed E-state index contributed by atoms with van der Waals surface area (Å²) >= 11 is 11.9. The van der Waals surface area contributed by atoms with Crippen LogP contribution in [0.3, 0.4) is 0 Å². The maximum atomic E-state index is 6.02. The topological polar surface area (TPSA) is 35.0 Å². The molecule has 1 aromatic heterocycles. The Morgan fingerprint density at radius 3 is 2.30 bits per heavy atom. The Morgan fingerprint density at radius 2 is 1.55 bits per heavy atom. The third kappa shape index (κ3) is 2.69. The molecule has 2 aromatic carbocycles. The van der Waals surface area contributed by atoms with Gasteiger partial charge >= 0.3 is 0 Å². The zero-order valence-electron chi connectivity index (χ0n) is 10.4. The highest BCUT2D eigenvalue weighted by Gasteiger charge is 2.08. The molecule has 100 valence electrons. The Morgan fingerprint density at radius 1 is 0.850 bits per heavy atom. The van der Waals surface area contributed by atoms with Crippen LogP contribution in [0.1, 0.15) is 5.56 Å². The van der Waals surface area contributed by atoms with Gasteiger partial charge in [0, 0.05) is 15.8 Å². The molecule has 3 aromatic rings. The molecule has 0 saturated carbocycles. The van der Waals surface area contributed by atoms with Crippen molar-refractivity contribution in [2.75, 3.05) is 0 Å². The quantitative estimate of drug-likeness (QED) is 0.714. The number of hydrogen-bond donors (Lipinski definition) is 0. The van der Waals surface area contributed by atoms with Gasteiger partial charge in [0.05, 0.1) is 0 Å². The zero-order chi connectivity index (χ0) is 13.9.